The van der Waals surface area contributed by atoms with Gasteiger partial charge in [-0.25, -0.2) is 13.6 Å². The Hall–Kier alpha value is -1.14. The topological polar surface area (TPSA) is 84.6 Å². The zero-order valence-electron chi connectivity index (χ0n) is 5.56. The first kappa shape index (κ1) is 7.96. The lowest BCUT2D eigenvalue weighted by atomic mass is 10.5. The lowest BCUT2D eigenvalue weighted by Crippen LogP contribution is -2.22. The van der Waals surface area contributed by atoms with Gasteiger partial charge in [0.05, 0.1) is 0 Å². The largest absolute Gasteiger partial charge is 0.266 e. The van der Waals surface area contributed by atoms with Gasteiger partial charge >= 0.3 is 0 Å². The van der Waals surface area contributed by atoms with Crippen LogP contribution in [0.4, 0.5) is 0 Å². The van der Waals surface area contributed by atoms with Crippen molar-refractivity contribution in [2.24, 2.45) is 10.2 Å². The number of rotatable bonds is 1. The molecule has 1 aliphatic rings. The molecule has 1 rings (SSSR count). The Morgan fingerprint density at radius 1 is 1.45 bits per heavy atom. The van der Waals surface area contributed by atoms with E-state index < -0.39 is 10.0 Å². The summed E-state index contributed by atoms with van der Waals surface area (Å²) in [5.41, 5.74) is 2.28. The molecule has 60 valence electrons. The SMILES string of the molecule is NS(=O)(=O)C1=CC=CC=NN1. The van der Waals surface area contributed by atoms with Gasteiger partial charge in [0.25, 0.3) is 10.0 Å². The fraction of sp³-hybridized carbons (Fsp3) is 0. The lowest BCUT2D eigenvalue weighted by Gasteiger charge is -1.99. The molecule has 0 saturated carbocycles. The first-order valence-corrected chi connectivity index (χ1v) is 4.34. The van der Waals surface area contributed by atoms with Crippen LogP contribution in [0, 0.1) is 0 Å². The van der Waals surface area contributed by atoms with Gasteiger partial charge in [-0.2, -0.15) is 5.10 Å². The molecule has 11 heavy (non-hydrogen) atoms. The number of hydrazone groups is 1. The predicted octanol–water partition coefficient (Wildman–Crippen LogP) is -0.738. The van der Waals surface area contributed by atoms with Gasteiger partial charge < -0.3 is 0 Å². The number of allylic oxidation sites excluding steroid dienone is 3. The van der Waals surface area contributed by atoms with Crippen LogP contribution in [-0.2, 0) is 10.0 Å². The number of primary sulfonamides is 1. The predicted molar refractivity (Wildman–Crippen MR) is 42.0 cm³/mol. The molecule has 0 aromatic carbocycles. The molecule has 0 radical (unpaired) electrons. The van der Waals surface area contributed by atoms with Gasteiger partial charge in [0.2, 0.25) is 0 Å². The lowest BCUT2D eigenvalue weighted by molar-refractivity contribution is 0.600. The number of hydrogen-bond donors (Lipinski definition) is 2. The average molecular weight is 173 g/mol. The number of nitrogens with one attached hydrogen (secondary N) is 1. The molecule has 0 aromatic rings. The quantitative estimate of drug-likeness (QED) is 0.547. The van der Waals surface area contributed by atoms with Crippen molar-refractivity contribution in [2.75, 3.05) is 0 Å². The van der Waals surface area contributed by atoms with Crippen molar-refractivity contribution in [3.05, 3.63) is 23.3 Å². The maximum Gasteiger partial charge on any atom is 0.254 e. The molecule has 0 aliphatic carbocycles. The molecular weight excluding hydrogens is 166 g/mol. The highest BCUT2D eigenvalue weighted by atomic mass is 32.2. The summed E-state index contributed by atoms with van der Waals surface area (Å²) in [5.74, 6) is 0. The average Bonchev–Trinajstić information content (AvgIpc) is 2.10. The van der Waals surface area contributed by atoms with Gasteiger partial charge in [0, 0.05) is 6.21 Å². The first-order chi connectivity index (χ1) is 5.11. The van der Waals surface area contributed by atoms with E-state index >= 15 is 0 Å². The minimum Gasteiger partial charge on any atom is -0.266 e. The maximum atomic E-state index is 10.7. The Kier molecular flexibility index (Phi) is 2.06. The number of nitrogens with two attached hydrogens (primary N) is 1. The van der Waals surface area contributed by atoms with Crippen LogP contribution in [0.2, 0.25) is 0 Å². The van der Waals surface area contributed by atoms with Crippen molar-refractivity contribution >= 4 is 16.2 Å². The molecule has 3 N–H and O–H groups in total. The highest BCUT2D eigenvalue weighted by Crippen LogP contribution is 1.98. The first-order valence-electron chi connectivity index (χ1n) is 2.79. The third-order valence-electron chi connectivity index (χ3n) is 1.00. The Labute approximate surface area is 64.3 Å². The third-order valence-corrected chi connectivity index (χ3v) is 1.84. The summed E-state index contributed by atoms with van der Waals surface area (Å²) in [4.78, 5) is 0. The van der Waals surface area contributed by atoms with Crippen LogP contribution in [0.25, 0.3) is 0 Å². The van der Waals surface area contributed by atoms with E-state index in [4.69, 9.17) is 5.14 Å². The van der Waals surface area contributed by atoms with Crippen LogP contribution in [0.3, 0.4) is 0 Å². The molecule has 0 saturated heterocycles. The third kappa shape index (κ3) is 2.17. The van der Waals surface area contributed by atoms with Gasteiger partial charge in [0.15, 0.2) is 5.03 Å². The molecule has 0 atom stereocenters. The van der Waals surface area contributed by atoms with Crippen LogP contribution < -0.4 is 10.6 Å². The van der Waals surface area contributed by atoms with Crippen molar-refractivity contribution in [2.45, 2.75) is 0 Å². The van der Waals surface area contributed by atoms with Crippen molar-refractivity contribution < 1.29 is 8.42 Å². The van der Waals surface area contributed by atoms with E-state index in [2.05, 4.69) is 10.5 Å². The van der Waals surface area contributed by atoms with Crippen molar-refractivity contribution in [3.63, 3.8) is 0 Å². The minimum absolute atomic E-state index is 0.109. The van der Waals surface area contributed by atoms with Gasteiger partial charge in [-0.05, 0) is 12.2 Å². The summed E-state index contributed by atoms with van der Waals surface area (Å²) in [6.07, 6.45) is 5.88. The molecule has 0 bridgehead atoms. The smallest absolute Gasteiger partial charge is 0.254 e. The zero-order valence-corrected chi connectivity index (χ0v) is 6.38. The molecule has 1 heterocycles. The Morgan fingerprint density at radius 2 is 2.18 bits per heavy atom. The van der Waals surface area contributed by atoms with Gasteiger partial charge in [-0.1, -0.05) is 6.08 Å². The highest BCUT2D eigenvalue weighted by molar-refractivity contribution is 7.93. The van der Waals surface area contributed by atoms with E-state index in [0.717, 1.165) is 0 Å². The molecule has 1 aliphatic heterocycles. The number of hydrogen-bond acceptors (Lipinski definition) is 4. The maximum absolute atomic E-state index is 10.7. The monoisotopic (exact) mass is 173 g/mol. The fourth-order valence-electron chi connectivity index (χ4n) is 0.532. The van der Waals surface area contributed by atoms with Crippen LogP contribution in [-0.4, -0.2) is 14.6 Å². The minimum atomic E-state index is -3.66. The van der Waals surface area contributed by atoms with E-state index in [1.807, 2.05) is 0 Å². The molecule has 0 spiro atoms. The van der Waals surface area contributed by atoms with Crippen molar-refractivity contribution in [1.29, 1.82) is 0 Å². The molecule has 5 nitrogen and oxygen atoms in total. The molecule has 6 heteroatoms. The molecule has 0 fully saturated rings. The second kappa shape index (κ2) is 2.85. The van der Waals surface area contributed by atoms with E-state index in [1.165, 1.54) is 18.4 Å². The van der Waals surface area contributed by atoms with Crippen LogP contribution in [0.1, 0.15) is 0 Å². The summed E-state index contributed by atoms with van der Waals surface area (Å²) in [5, 5.41) is 8.23. The second-order valence-electron chi connectivity index (χ2n) is 1.85. The standard InChI is InChI=1S/C5H7N3O2S/c6-11(9,10)5-3-1-2-4-7-8-5/h1-4,8H,(H2,6,9,10). The van der Waals surface area contributed by atoms with Crippen molar-refractivity contribution in [1.82, 2.24) is 5.43 Å². The van der Waals surface area contributed by atoms with Crippen LogP contribution >= 0.6 is 0 Å². The Morgan fingerprint density at radius 3 is 2.82 bits per heavy atom. The Balaban J connectivity index is 2.99. The second-order valence-corrected chi connectivity index (χ2v) is 3.38. The summed E-state index contributed by atoms with van der Waals surface area (Å²) in [6, 6.07) is 0. The number of sulfonamides is 1. The highest BCUT2D eigenvalue weighted by Gasteiger charge is 2.09. The Bertz CT molecular complexity index is 326. The fourth-order valence-corrected chi connectivity index (χ4v) is 0.980. The van der Waals surface area contributed by atoms with Crippen LogP contribution in [0.15, 0.2) is 28.4 Å². The summed E-state index contributed by atoms with van der Waals surface area (Å²) < 4.78 is 21.4. The van der Waals surface area contributed by atoms with Crippen molar-refractivity contribution in [3.8, 4) is 0 Å². The van der Waals surface area contributed by atoms with E-state index in [9.17, 15) is 8.42 Å². The molecule has 0 aromatic heterocycles. The molecule has 0 unspecified atom stereocenters. The molecular formula is C5H7N3O2S. The molecule has 0 amide bonds. The van der Waals surface area contributed by atoms with Gasteiger partial charge in [-0.15, -0.1) is 0 Å². The van der Waals surface area contributed by atoms with E-state index in [-0.39, 0.29) is 5.03 Å². The summed E-state index contributed by atoms with van der Waals surface area (Å²) in [6.45, 7) is 0. The van der Waals surface area contributed by atoms with E-state index in [1.54, 1.807) is 6.08 Å². The summed E-state index contributed by atoms with van der Waals surface area (Å²) >= 11 is 0. The van der Waals surface area contributed by atoms with Crippen LogP contribution in [0.5, 0.6) is 0 Å². The number of nitrogens with zero attached hydrogens (tertiary/aromatic N) is 1. The summed E-state index contributed by atoms with van der Waals surface area (Å²) in [7, 11) is -3.66. The van der Waals surface area contributed by atoms with Gasteiger partial charge in [0.1, 0.15) is 0 Å². The zero-order chi connectivity index (χ0) is 8.32. The van der Waals surface area contributed by atoms with E-state index in [0.29, 0.717) is 0 Å². The normalized spacial score (nSPS) is 17.0. The van der Waals surface area contributed by atoms with Gasteiger partial charge in [-0.3, -0.25) is 5.43 Å².